The Morgan fingerprint density at radius 3 is 3.00 bits per heavy atom. The molecule has 2 nitrogen and oxygen atoms in total. The van der Waals surface area contributed by atoms with Gasteiger partial charge in [-0.05, 0) is 6.42 Å². The minimum atomic E-state index is -0.158. The highest BCUT2D eigenvalue weighted by Crippen LogP contribution is 2.37. The second kappa shape index (κ2) is 2.90. The zero-order valence-corrected chi connectivity index (χ0v) is 7.99. The second-order valence-corrected chi connectivity index (χ2v) is 4.15. The Hall–Kier alpha value is -0.830. The van der Waals surface area contributed by atoms with Gasteiger partial charge >= 0.3 is 0 Å². The summed E-state index contributed by atoms with van der Waals surface area (Å²) >= 11 is 3.62. The van der Waals surface area contributed by atoms with Crippen LogP contribution in [0.25, 0.3) is 0 Å². The number of hydrogen-bond acceptors (Lipinski definition) is 2. The molecule has 0 spiro atoms. The van der Waals surface area contributed by atoms with Crippen LogP contribution in [0, 0.1) is 0 Å². The Bertz CT molecular complexity index is 315. The van der Waals surface area contributed by atoms with Gasteiger partial charge in [0.15, 0.2) is 0 Å². The van der Waals surface area contributed by atoms with Gasteiger partial charge in [0, 0.05) is 6.07 Å². The summed E-state index contributed by atoms with van der Waals surface area (Å²) in [5.41, 5.74) is 0.920. The van der Waals surface area contributed by atoms with E-state index in [9.17, 15) is 0 Å². The first-order valence-electron chi connectivity index (χ1n) is 3.75. The van der Waals surface area contributed by atoms with Gasteiger partial charge in [-0.2, -0.15) is 0 Å². The van der Waals surface area contributed by atoms with Gasteiger partial charge in [-0.3, -0.25) is 0 Å². The highest BCUT2D eigenvalue weighted by Gasteiger charge is 2.28. The fraction of sp³-hybridized carbons (Fsp3) is 0.222. The van der Waals surface area contributed by atoms with Gasteiger partial charge in [0.05, 0.1) is 4.32 Å². The average Bonchev–Trinajstić information content (AvgIpc) is 2.58. The van der Waals surface area contributed by atoms with Gasteiger partial charge in [-0.15, -0.1) is 0 Å². The predicted octanol–water partition coefficient (Wildman–Crippen LogP) is 2.78. The molecule has 0 aliphatic heterocycles. The smallest absolute Gasteiger partial charge is 0.124 e. The highest BCUT2D eigenvalue weighted by molar-refractivity contribution is 9.09. The number of alkyl halides is 1. The monoisotopic (exact) mass is 225 g/mol. The number of nitrogens with zero attached hydrogens (tertiary/aromatic N) is 1. The largest absolute Gasteiger partial charge is 0.364 e. The van der Waals surface area contributed by atoms with Crippen LogP contribution in [0.5, 0.6) is 0 Å². The van der Waals surface area contributed by atoms with Crippen molar-refractivity contribution in [2.75, 3.05) is 0 Å². The molecule has 0 saturated carbocycles. The first kappa shape index (κ1) is 7.80. The minimum absolute atomic E-state index is 0.158. The third kappa shape index (κ3) is 1.25. The van der Waals surface area contributed by atoms with Crippen LogP contribution in [0.1, 0.15) is 12.1 Å². The zero-order valence-electron chi connectivity index (χ0n) is 6.40. The molecule has 0 amide bonds. The molecular weight excluding hydrogens is 218 g/mol. The molecule has 2 rings (SSSR count). The number of allylic oxidation sites excluding steroid dienone is 4. The van der Waals surface area contributed by atoms with Crippen LogP contribution in [0.3, 0.4) is 0 Å². The first-order valence-corrected chi connectivity index (χ1v) is 4.55. The van der Waals surface area contributed by atoms with Gasteiger partial charge in [-0.1, -0.05) is 45.4 Å². The van der Waals surface area contributed by atoms with E-state index in [1.165, 1.54) is 0 Å². The summed E-state index contributed by atoms with van der Waals surface area (Å²) in [5, 5.41) is 3.90. The summed E-state index contributed by atoms with van der Waals surface area (Å²) in [7, 11) is 0. The maximum Gasteiger partial charge on any atom is 0.124 e. The lowest BCUT2D eigenvalue weighted by molar-refractivity contribution is 0.407. The van der Waals surface area contributed by atoms with Crippen LogP contribution in [-0.2, 0) is 4.32 Å². The van der Waals surface area contributed by atoms with Crippen LogP contribution in [0.2, 0.25) is 0 Å². The van der Waals surface area contributed by atoms with Crippen molar-refractivity contribution in [1.82, 2.24) is 5.16 Å². The fourth-order valence-electron chi connectivity index (χ4n) is 1.21. The third-order valence-corrected chi connectivity index (χ3v) is 2.88. The molecule has 0 fully saturated rings. The molecule has 12 heavy (non-hydrogen) atoms. The molecule has 3 heteroatoms. The quantitative estimate of drug-likeness (QED) is 0.688. The van der Waals surface area contributed by atoms with Gasteiger partial charge in [-0.25, -0.2) is 0 Å². The maximum atomic E-state index is 4.79. The van der Waals surface area contributed by atoms with Gasteiger partial charge in [0.25, 0.3) is 0 Å². The summed E-state index contributed by atoms with van der Waals surface area (Å²) in [6.07, 6.45) is 10.7. The number of aromatic nitrogens is 1. The summed E-state index contributed by atoms with van der Waals surface area (Å²) in [6, 6.07) is 1.87. The molecular formula is C9H8BrNO. The molecule has 0 radical (unpaired) electrons. The standard InChI is InChI=1S/C9H8BrNO/c10-9(5-2-1-3-6-9)8-4-7-12-11-8/h1-5,7H,6H2. The maximum absolute atomic E-state index is 4.79. The van der Waals surface area contributed by atoms with E-state index < -0.39 is 0 Å². The first-order chi connectivity index (χ1) is 5.81. The van der Waals surface area contributed by atoms with Crippen LogP contribution in [-0.4, -0.2) is 5.16 Å². The number of halogens is 1. The Balaban J connectivity index is 2.34. The molecule has 1 unspecified atom stereocenters. The molecule has 1 aliphatic rings. The van der Waals surface area contributed by atoms with Crippen molar-refractivity contribution in [2.45, 2.75) is 10.7 Å². The lowest BCUT2D eigenvalue weighted by atomic mass is 9.97. The van der Waals surface area contributed by atoms with Crippen molar-refractivity contribution >= 4 is 15.9 Å². The minimum Gasteiger partial charge on any atom is -0.364 e. The van der Waals surface area contributed by atoms with Crippen molar-refractivity contribution in [3.8, 4) is 0 Å². The van der Waals surface area contributed by atoms with Crippen molar-refractivity contribution in [2.24, 2.45) is 0 Å². The van der Waals surface area contributed by atoms with Crippen molar-refractivity contribution in [3.63, 3.8) is 0 Å². The SMILES string of the molecule is BrC1(c2ccon2)C=CC=CC1. The average molecular weight is 226 g/mol. The van der Waals surface area contributed by atoms with Gasteiger partial charge in [0.1, 0.15) is 12.0 Å². The van der Waals surface area contributed by atoms with E-state index in [4.69, 9.17) is 4.52 Å². The van der Waals surface area contributed by atoms with Crippen molar-refractivity contribution < 1.29 is 4.52 Å². The summed E-state index contributed by atoms with van der Waals surface area (Å²) in [6.45, 7) is 0. The third-order valence-electron chi connectivity index (χ3n) is 1.89. The van der Waals surface area contributed by atoms with Crippen LogP contribution in [0.4, 0.5) is 0 Å². The van der Waals surface area contributed by atoms with Gasteiger partial charge in [0.2, 0.25) is 0 Å². The molecule has 0 bridgehead atoms. The molecule has 1 aromatic heterocycles. The Morgan fingerprint density at radius 2 is 2.42 bits per heavy atom. The van der Waals surface area contributed by atoms with E-state index in [0.29, 0.717) is 0 Å². The summed E-state index contributed by atoms with van der Waals surface area (Å²) < 4.78 is 4.64. The highest BCUT2D eigenvalue weighted by atomic mass is 79.9. The molecule has 0 aromatic carbocycles. The van der Waals surface area contributed by atoms with E-state index in [2.05, 4.69) is 33.2 Å². The van der Waals surface area contributed by atoms with Crippen molar-refractivity contribution in [1.29, 1.82) is 0 Å². The predicted molar refractivity (Wildman–Crippen MR) is 50.0 cm³/mol. The van der Waals surface area contributed by atoms with E-state index >= 15 is 0 Å². The summed E-state index contributed by atoms with van der Waals surface area (Å²) in [4.78, 5) is 0. The van der Waals surface area contributed by atoms with Gasteiger partial charge < -0.3 is 4.52 Å². The number of hydrogen-bond donors (Lipinski definition) is 0. The lowest BCUT2D eigenvalue weighted by Crippen LogP contribution is -2.15. The second-order valence-electron chi connectivity index (χ2n) is 2.74. The lowest BCUT2D eigenvalue weighted by Gasteiger charge is -2.20. The Morgan fingerprint density at radius 1 is 1.50 bits per heavy atom. The number of rotatable bonds is 1. The topological polar surface area (TPSA) is 26.0 Å². The Kier molecular flexibility index (Phi) is 1.89. The molecule has 1 aliphatic carbocycles. The van der Waals surface area contributed by atoms with Crippen LogP contribution >= 0.6 is 15.9 Å². The van der Waals surface area contributed by atoms with E-state index in [0.717, 1.165) is 12.1 Å². The molecule has 0 N–H and O–H groups in total. The molecule has 1 heterocycles. The fourth-order valence-corrected chi connectivity index (χ4v) is 1.76. The van der Waals surface area contributed by atoms with E-state index in [1.54, 1.807) is 6.26 Å². The Labute approximate surface area is 79.1 Å². The molecule has 62 valence electrons. The van der Waals surface area contributed by atoms with Crippen LogP contribution in [0.15, 0.2) is 41.2 Å². The zero-order chi connectivity index (χ0) is 8.44. The normalized spacial score (nSPS) is 27.8. The molecule has 1 atom stereocenters. The van der Waals surface area contributed by atoms with E-state index in [1.807, 2.05) is 18.2 Å². The van der Waals surface area contributed by atoms with Crippen molar-refractivity contribution in [3.05, 3.63) is 42.3 Å². The molecule has 0 saturated heterocycles. The van der Waals surface area contributed by atoms with E-state index in [-0.39, 0.29) is 4.32 Å². The molecule has 1 aromatic rings. The van der Waals surface area contributed by atoms with Crippen LogP contribution < -0.4 is 0 Å². The summed E-state index contributed by atoms with van der Waals surface area (Å²) in [5.74, 6) is 0.